The molecule has 0 saturated heterocycles. The van der Waals surface area contributed by atoms with Gasteiger partial charge in [-0.1, -0.05) is 54.6 Å². The van der Waals surface area contributed by atoms with Crippen molar-refractivity contribution < 1.29 is 13.2 Å². The highest BCUT2D eigenvalue weighted by molar-refractivity contribution is 7.92. The van der Waals surface area contributed by atoms with Crippen molar-refractivity contribution in [2.75, 3.05) is 10.5 Å². The summed E-state index contributed by atoms with van der Waals surface area (Å²) in [7, 11) is -3.91. The summed E-state index contributed by atoms with van der Waals surface area (Å²) >= 11 is 0. The maximum atomic E-state index is 12.7. The summed E-state index contributed by atoms with van der Waals surface area (Å²) in [4.78, 5) is 8.52. The van der Waals surface area contributed by atoms with E-state index >= 15 is 0 Å². The molecule has 30 heavy (non-hydrogen) atoms. The van der Waals surface area contributed by atoms with Crippen LogP contribution in [0, 0.1) is 0 Å². The number of rotatable bonds is 6. The fourth-order valence-corrected chi connectivity index (χ4v) is 3.78. The third-order valence-corrected chi connectivity index (χ3v) is 5.52. The molecule has 150 valence electrons. The average Bonchev–Trinajstić information content (AvgIpc) is 2.75. The monoisotopic (exact) mass is 418 g/mol. The van der Waals surface area contributed by atoms with E-state index in [1.165, 1.54) is 18.3 Å². The van der Waals surface area contributed by atoms with Gasteiger partial charge in [-0.3, -0.25) is 0 Å². The third kappa shape index (κ3) is 4.39. The van der Waals surface area contributed by atoms with Crippen molar-refractivity contribution in [2.24, 2.45) is 0 Å². The molecule has 0 atom stereocenters. The Hall–Kier alpha value is -3.91. The normalized spacial score (nSPS) is 11.1. The summed E-state index contributed by atoms with van der Waals surface area (Å²) in [5.74, 6) is 0.689. The Morgan fingerprint density at radius 2 is 1.57 bits per heavy atom. The second-order valence-electron chi connectivity index (χ2n) is 6.37. The number of para-hydroxylation sites is 1. The predicted molar refractivity (Wildman–Crippen MR) is 116 cm³/mol. The molecule has 8 heteroatoms. The van der Waals surface area contributed by atoms with Crippen molar-refractivity contribution in [3.8, 4) is 22.8 Å². The highest BCUT2D eigenvalue weighted by Crippen LogP contribution is 2.32. The zero-order valence-electron chi connectivity index (χ0n) is 15.8. The Morgan fingerprint density at radius 1 is 0.867 bits per heavy atom. The summed E-state index contributed by atoms with van der Waals surface area (Å²) in [5.41, 5.74) is 7.51. The van der Waals surface area contributed by atoms with Gasteiger partial charge in [0.05, 0.1) is 10.5 Å². The number of benzene rings is 3. The first kappa shape index (κ1) is 19.4. The van der Waals surface area contributed by atoms with Crippen LogP contribution in [0.4, 0.5) is 11.6 Å². The number of nitrogens with two attached hydrogens (primary N) is 1. The van der Waals surface area contributed by atoms with E-state index in [1.807, 2.05) is 48.5 Å². The third-order valence-electron chi connectivity index (χ3n) is 4.19. The van der Waals surface area contributed by atoms with Crippen molar-refractivity contribution in [3.63, 3.8) is 0 Å². The molecule has 0 radical (unpaired) electrons. The van der Waals surface area contributed by atoms with E-state index in [0.717, 1.165) is 5.56 Å². The van der Waals surface area contributed by atoms with E-state index in [2.05, 4.69) is 14.7 Å². The van der Waals surface area contributed by atoms with Gasteiger partial charge < -0.3 is 10.5 Å². The molecule has 0 amide bonds. The summed E-state index contributed by atoms with van der Waals surface area (Å²) in [6.45, 7) is 0. The number of anilines is 2. The van der Waals surface area contributed by atoms with Crippen LogP contribution in [-0.2, 0) is 10.0 Å². The molecule has 0 aliphatic carbocycles. The molecule has 1 aromatic heterocycles. The molecule has 0 saturated carbocycles. The minimum Gasteiger partial charge on any atom is -0.438 e. The fourth-order valence-electron chi connectivity index (χ4n) is 2.77. The maximum Gasteiger partial charge on any atom is 0.264 e. The SMILES string of the molecule is Nc1cccc(S(=O)(=O)Nc2ncc(-c3ccccc3)c(Oc3ccccc3)n2)c1. The number of ether oxygens (including phenoxy) is 1. The van der Waals surface area contributed by atoms with Gasteiger partial charge in [0.1, 0.15) is 5.75 Å². The minimum atomic E-state index is -3.91. The lowest BCUT2D eigenvalue weighted by Crippen LogP contribution is -2.15. The first-order valence-electron chi connectivity index (χ1n) is 9.05. The van der Waals surface area contributed by atoms with Gasteiger partial charge in [0.15, 0.2) is 0 Å². The van der Waals surface area contributed by atoms with Gasteiger partial charge in [0, 0.05) is 11.9 Å². The molecule has 3 aromatic carbocycles. The molecule has 4 rings (SSSR count). The van der Waals surface area contributed by atoms with E-state index in [4.69, 9.17) is 10.5 Å². The van der Waals surface area contributed by atoms with Crippen molar-refractivity contribution in [2.45, 2.75) is 4.90 Å². The van der Waals surface area contributed by atoms with Gasteiger partial charge in [-0.25, -0.2) is 18.1 Å². The quantitative estimate of drug-likeness (QED) is 0.452. The van der Waals surface area contributed by atoms with Gasteiger partial charge in [-0.2, -0.15) is 4.98 Å². The van der Waals surface area contributed by atoms with Crippen molar-refractivity contribution in [1.29, 1.82) is 0 Å². The standard InChI is InChI=1S/C22H18N4O3S/c23-17-10-7-13-19(14-17)30(27,28)26-22-24-15-20(16-8-3-1-4-9-16)21(25-22)29-18-11-5-2-6-12-18/h1-15H,23H2,(H,24,25,26). The van der Waals surface area contributed by atoms with Gasteiger partial charge in [0.25, 0.3) is 10.0 Å². The Bertz CT molecular complexity index is 1260. The van der Waals surface area contributed by atoms with Crippen LogP contribution in [0.1, 0.15) is 0 Å². The number of nitrogens with zero attached hydrogens (tertiary/aromatic N) is 2. The smallest absolute Gasteiger partial charge is 0.264 e. The molecular formula is C22H18N4O3S. The number of aromatic nitrogens is 2. The number of nitrogens with one attached hydrogen (secondary N) is 1. The van der Waals surface area contributed by atoms with Gasteiger partial charge in [0.2, 0.25) is 11.8 Å². The highest BCUT2D eigenvalue weighted by atomic mass is 32.2. The summed E-state index contributed by atoms with van der Waals surface area (Å²) < 4.78 is 33.7. The molecule has 0 fully saturated rings. The van der Waals surface area contributed by atoms with Crippen LogP contribution in [0.2, 0.25) is 0 Å². The van der Waals surface area contributed by atoms with Crippen LogP contribution in [0.3, 0.4) is 0 Å². The molecule has 0 aliphatic rings. The summed E-state index contributed by atoms with van der Waals surface area (Å²) in [6, 6.07) is 24.6. The van der Waals surface area contributed by atoms with Crippen LogP contribution in [0.15, 0.2) is 96.0 Å². The van der Waals surface area contributed by atoms with Crippen molar-refractivity contribution >= 4 is 21.7 Å². The predicted octanol–water partition coefficient (Wildman–Crippen LogP) is 4.32. The second kappa shape index (κ2) is 8.22. The molecular weight excluding hydrogens is 400 g/mol. The number of nitrogen functional groups attached to an aromatic ring is 1. The van der Waals surface area contributed by atoms with Crippen LogP contribution >= 0.6 is 0 Å². The largest absolute Gasteiger partial charge is 0.438 e. The molecule has 1 heterocycles. The van der Waals surface area contributed by atoms with Gasteiger partial charge >= 0.3 is 0 Å². The van der Waals surface area contributed by atoms with Gasteiger partial charge in [-0.05, 0) is 35.9 Å². The fraction of sp³-hybridized carbons (Fsp3) is 0. The van der Waals surface area contributed by atoms with E-state index in [-0.39, 0.29) is 16.7 Å². The van der Waals surface area contributed by atoms with E-state index in [9.17, 15) is 8.42 Å². The Kier molecular flexibility index (Phi) is 5.32. The first-order chi connectivity index (χ1) is 14.5. The lowest BCUT2D eigenvalue weighted by Gasteiger charge is -2.13. The lowest BCUT2D eigenvalue weighted by atomic mass is 10.1. The maximum absolute atomic E-state index is 12.7. The molecule has 0 spiro atoms. The first-order valence-corrected chi connectivity index (χ1v) is 10.5. The number of hydrogen-bond acceptors (Lipinski definition) is 6. The molecule has 7 nitrogen and oxygen atoms in total. The molecule has 0 bridgehead atoms. The molecule has 0 unspecified atom stereocenters. The Labute approximate surface area is 174 Å². The van der Waals surface area contributed by atoms with Crippen LogP contribution in [0.5, 0.6) is 11.6 Å². The van der Waals surface area contributed by atoms with Crippen LogP contribution in [0.25, 0.3) is 11.1 Å². The van der Waals surface area contributed by atoms with Crippen LogP contribution in [-0.4, -0.2) is 18.4 Å². The molecule has 0 aliphatic heterocycles. The van der Waals surface area contributed by atoms with Gasteiger partial charge in [-0.15, -0.1) is 0 Å². The topological polar surface area (TPSA) is 107 Å². The van der Waals surface area contributed by atoms with Crippen molar-refractivity contribution in [1.82, 2.24) is 9.97 Å². The summed E-state index contributed by atoms with van der Waals surface area (Å²) in [6.07, 6.45) is 1.53. The van der Waals surface area contributed by atoms with E-state index in [0.29, 0.717) is 17.0 Å². The Balaban J connectivity index is 1.72. The number of hydrogen-bond donors (Lipinski definition) is 2. The zero-order valence-corrected chi connectivity index (χ0v) is 16.6. The number of sulfonamides is 1. The second-order valence-corrected chi connectivity index (χ2v) is 8.05. The average molecular weight is 418 g/mol. The lowest BCUT2D eigenvalue weighted by molar-refractivity contribution is 0.464. The molecule has 4 aromatic rings. The Morgan fingerprint density at radius 3 is 2.27 bits per heavy atom. The van der Waals surface area contributed by atoms with E-state index < -0.39 is 10.0 Å². The van der Waals surface area contributed by atoms with Crippen molar-refractivity contribution in [3.05, 3.63) is 91.1 Å². The van der Waals surface area contributed by atoms with E-state index in [1.54, 1.807) is 24.3 Å². The summed E-state index contributed by atoms with van der Waals surface area (Å²) in [5, 5.41) is 0. The highest BCUT2D eigenvalue weighted by Gasteiger charge is 2.18. The molecule has 3 N–H and O–H groups in total. The zero-order chi connectivity index (χ0) is 21.0. The minimum absolute atomic E-state index is 0.0174. The van der Waals surface area contributed by atoms with Crippen LogP contribution < -0.4 is 15.2 Å².